The Kier molecular flexibility index (Phi) is 4.02. The Morgan fingerprint density at radius 3 is 2.75 bits per heavy atom. The fourth-order valence-corrected chi connectivity index (χ4v) is 1.57. The third-order valence-corrected chi connectivity index (χ3v) is 2.79. The molecule has 0 amide bonds. The van der Waals surface area contributed by atoms with E-state index in [1.807, 2.05) is 0 Å². The monoisotopic (exact) mass is 171 g/mol. The molecule has 12 heavy (non-hydrogen) atoms. The molecule has 1 rings (SSSR count). The Labute approximate surface area is 75.5 Å². The first-order chi connectivity index (χ1) is 5.70. The van der Waals surface area contributed by atoms with Gasteiger partial charge in [-0.05, 0) is 31.1 Å². The Balaban J connectivity index is 2.07. The van der Waals surface area contributed by atoms with Gasteiger partial charge in [0.05, 0.1) is 0 Å². The van der Waals surface area contributed by atoms with Crippen molar-refractivity contribution in [3.05, 3.63) is 0 Å². The maximum Gasteiger partial charge on any atom is 0.0495 e. The van der Waals surface area contributed by atoms with Crippen LogP contribution in [0, 0.1) is 11.8 Å². The Morgan fingerprint density at radius 1 is 1.50 bits per heavy atom. The molecule has 1 heterocycles. The Bertz CT molecular complexity index is 117. The molecule has 0 saturated carbocycles. The SMILES string of the molecule is CC(C)C(N)CCC1CCOC1. The minimum absolute atomic E-state index is 0.380. The molecule has 1 aliphatic rings. The molecule has 1 fully saturated rings. The van der Waals surface area contributed by atoms with Crippen molar-refractivity contribution in [2.75, 3.05) is 13.2 Å². The van der Waals surface area contributed by atoms with Crippen molar-refractivity contribution >= 4 is 0 Å². The molecule has 0 aromatic carbocycles. The van der Waals surface area contributed by atoms with Crippen LogP contribution in [0.2, 0.25) is 0 Å². The Morgan fingerprint density at radius 2 is 2.25 bits per heavy atom. The van der Waals surface area contributed by atoms with E-state index in [9.17, 15) is 0 Å². The lowest BCUT2D eigenvalue weighted by Crippen LogP contribution is -2.26. The lowest BCUT2D eigenvalue weighted by atomic mass is 9.94. The van der Waals surface area contributed by atoms with E-state index in [1.165, 1.54) is 12.8 Å². The number of ether oxygens (including phenoxy) is 1. The third-order valence-electron chi connectivity index (χ3n) is 2.79. The zero-order chi connectivity index (χ0) is 8.97. The smallest absolute Gasteiger partial charge is 0.0495 e. The molecule has 0 aliphatic carbocycles. The van der Waals surface area contributed by atoms with Crippen molar-refractivity contribution in [3.63, 3.8) is 0 Å². The van der Waals surface area contributed by atoms with E-state index in [0.717, 1.165) is 25.6 Å². The minimum Gasteiger partial charge on any atom is -0.381 e. The van der Waals surface area contributed by atoms with Crippen LogP contribution in [0.15, 0.2) is 0 Å². The summed E-state index contributed by atoms with van der Waals surface area (Å²) >= 11 is 0. The van der Waals surface area contributed by atoms with Gasteiger partial charge in [-0.1, -0.05) is 13.8 Å². The number of nitrogens with two attached hydrogens (primary N) is 1. The van der Waals surface area contributed by atoms with Crippen LogP contribution >= 0.6 is 0 Å². The second kappa shape index (κ2) is 4.83. The van der Waals surface area contributed by atoms with Crippen LogP contribution in [-0.4, -0.2) is 19.3 Å². The minimum atomic E-state index is 0.380. The van der Waals surface area contributed by atoms with E-state index in [1.54, 1.807) is 0 Å². The van der Waals surface area contributed by atoms with Gasteiger partial charge in [0.2, 0.25) is 0 Å². The van der Waals surface area contributed by atoms with Gasteiger partial charge in [0.25, 0.3) is 0 Å². The molecule has 72 valence electrons. The van der Waals surface area contributed by atoms with E-state index in [4.69, 9.17) is 10.5 Å². The second-order valence-corrected chi connectivity index (χ2v) is 4.21. The fourth-order valence-electron chi connectivity index (χ4n) is 1.57. The number of hydrogen-bond acceptors (Lipinski definition) is 2. The molecule has 0 aromatic heterocycles. The summed E-state index contributed by atoms with van der Waals surface area (Å²) in [6.45, 7) is 6.30. The van der Waals surface area contributed by atoms with Crippen molar-refractivity contribution in [2.45, 2.75) is 39.2 Å². The molecule has 2 heteroatoms. The molecular weight excluding hydrogens is 150 g/mol. The van der Waals surface area contributed by atoms with E-state index in [2.05, 4.69) is 13.8 Å². The highest BCUT2D eigenvalue weighted by Crippen LogP contribution is 2.19. The standard InChI is InChI=1S/C10H21NO/c1-8(2)10(11)4-3-9-5-6-12-7-9/h8-10H,3-7,11H2,1-2H3. The molecule has 0 aromatic rings. The molecule has 0 bridgehead atoms. The van der Waals surface area contributed by atoms with Crippen molar-refractivity contribution in [1.29, 1.82) is 0 Å². The molecule has 1 saturated heterocycles. The normalized spacial score (nSPS) is 26.5. The van der Waals surface area contributed by atoms with Gasteiger partial charge in [0.1, 0.15) is 0 Å². The zero-order valence-corrected chi connectivity index (χ0v) is 8.25. The molecule has 2 atom stereocenters. The van der Waals surface area contributed by atoms with E-state index in [-0.39, 0.29) is 0 Å². The van der Waals surface area contributed by atoms with Crippen molar-refractivity contribution in [3.8, 4) is 0 Å². The highest BCUT2D eigenvalue weighted by atomic mass is 16.5. The largest absolute Gasteiger partial charge is 0.381 e. The first-order valence-electron chi connectivity index (χ1n) is 5.03. The van der Waals surface area contributed by atoms with E-state index < -0.39 is 0 Å². The van der Waals surface area contributed by atoms with E-state index >= 15 is 0 Å². The molecule has 2 N–H and O–H groups in total. The van der Waals surface area contributed by atoms with Crippen LogP contribution in [0.25, 0.3) is 0 Å². The second-order valence-electron chi connectivity index (χ2n) is 4.21. The summed E-state index contributed by atoms with van der Waals surface area (Å²) in [6, 6.07) is 0.380. The summed E-state index contributed by atoms with van der Waals surface area (Å²) in [5.74, 6) is 1.40. The van der Waals surface area contributed by atoms with Crippen LogP contribution in [0.1, 0.15) is 33.1 Å². The summed E-state index contributed by atoms with van der Waals surface area (Å²) in [7, 11) is 0. The topological polar surface area (TPSA) is 35.2 Å². The van der Waals surface area contributed by atoms with Gasteiger partial charge in [-0.3, -0.25) is 0 Å². The molecule has 0 radical (unpaired) electrons. The maximum atomic E-state index is 5.95. The van der Waals surface area contributed by atoms with Crippen LogP contribution < -0.4 is 5.73 Å². The maximum absolute atomic E-state index is 5.95. The van der Waals surface area contributed by atoms with Gasteiger partial charge >= 0.3 is 0 Å². The van der Waals surface area contributed by atoms with Gasteiger partial charge < -0.3 is 10.5 Å². The zero-order valence-electron chi connectivity index (χ0n) is 8.25. The number of hydrogen-bond donors (Lipinski definition) is 1. The summed E-state index contributed by atoms with van der Waals surface area (Å²) < 4.78 is 5.31. The predicted octanol–water partition coefficient (Wildman–Crippen LogP) is 1.79. The average molecular weight is 171 g/mol. The van der Waals surface area contributed by atoms with Gasteiger partial charge in [-0.15, -0.1) is 0 Å². The summed E-state index contributed by atoms with van der Waals surface area (Å²) in [4.78, 5) is 0. The van der Waals surface area contributed by atoms with Crippen LogP contribution in [0.5, 0.6) is 0 Å². The summed E-state index contributed by atoms with van der Waals surface area (Å²) in [5.41, 5.74) is 5.95. The Hall–Kier alpha value is -0.0800. The summed E-state index contributed by atoms with van der Waals surface area (Å²) in [5, 5.41) is 0. The molecule has 1 aliphatic heterocycles. The molecule has 0 spiro atoms. The van der Waals surface area contributed by atoms with E-state index in [0.29, 0.717) is 12.0 Å². The van der Waals surface area contributed by atoms with Gasteiger partial charge in [0.15, 0.2) is 0 Å². The van der Waals surface area contributed by atoms with Gasteiger partial charge in [-0.2, -0.15) is 0 Å². The van der Waals surface area contributed by atoms with Crippen LogP contribution in [0.4, 0.5) is 0 Å². The quantitative estimate of drug-likeness (QED) is 0.700. The van der Waals surface area contributed by atoms with Gasteiger partial charge in [-0.25, -0.2) is 0 Å². The first-order valence-corrected chi connectivity index (χ1v) is 5.03. The van der Waals surface area contributed by atoms with Crippen molar-refractivity contribution in [2.24, 2.45) is 17.6 Å². The highest BCUT2D eigenvalue weighted by molar-refractivity contribution is 4.70. The molecule has 2 nitrogen and oxygen atoms in total. The average Bonchev–Trinajstić information content (AvgIpc) is 2.51. The molecule has 2 unspecified atom stereocenters. The molecular formula is C10H21NO. The van der Waals surface area contributed by atoms with Crippen LogP contribution in [0.3, 0.4) is 0 Å². The first kappa shape index (κ1) is 10.0. The fraction of sp³-hybridized carbons (Fsp3) is 1.00. The lowest BCUT2D eigenvalue weighted by molar-refractivity contribution is 0.183. The number of rotatable bonds is 4. The third kappa shape index (κ3) is 3.11. The lowest BCUT2D eigenvalue weighted by Gasteiger charge is -2.16. The van der Waals surface area contributed by atoms with Crippen molar-refractivity contribution < 1.29 is 4.74 Å². The van der Waals surface area contributed by atoms with Crippen LogP contribution in [-0.2, 0) is 4.74 Å². The van der Waals surface area contributed by atoms with Gasteiger partial charge in [0, 0.05) is 19.3 Å². The highest BCUT2D eigenvalue weighted by Gasteiger charge is 2.17. The predicted molar refractivity (Wildman–Crippen MR) is 51.0 cm³/mol. The van der Waals surface area contributed by atoms with Crippen molar-refractivity contribution in [1.82, 2.24) is 0 Å². The summed E-state index contributed by atoms with van der Waals surface area (Å²) in [6.07, 6.45) is 3.65.